The molecule has 0 atom stereocenters. The van der Waals surface area contributed by atoms with E-state index >= 15 is 0 Å². The Labute approximate surface area is 139 Å². The van der Waals surface area contributed by atoms with Gasteiger partial charge in [0.15, 0.2) is 0 Å². The number of hydrogen-bond acceptors (Lipinski definition) is 7. The largest absolute Gasteiger partial charge is 0.494 e. The number of methoxy groups -OCH3 is 1. The quantitative estimate of drug-likeness (QED) is 0.760. The minimum absolute atomic E-state index is 0.333. The predicted molar refractivity (Wildman–Crippen MR) is 89.7 cm³/mol. The van der Waals surface area contributed by atoms with E-state index < -0.39 is 0 Å². The monoisotopic (exact) mass is 328 g/mol. The molecule has 3 heterocycles. The molecule has 1 aromatic carbocycles. The number of fused-ring (bicyclic) bond motifs is 1. The summed E-state index contributed by atoms with van der Waals surface area (Å²) in [6, 6.07) is 6.05. The average Bonchev–Trinajstić information content (AvgIpc) is 3.22. The number of para-hydroxylation sites is 1. The van der Waals surface area contributed by atoms with E-state index in [-0.39, 0.29) is 0 Å². The fraction of sp³-hybridized carbons (Fsp3) is 0.438. The van der Waals surface area contributed by atoms with Crippen LogP contribution < -0.4 is 10.1 Å². The minimum Gasteiger partial charge on any atom is -0.494 e. The van der Waals surface area contributed by atoms with Crippen LogP contribution >= 0.6 is 0 Å². The molecule has 24 heavy (non-hydrogen) atoms. The number of ether oxygens (including phenoxy) is 1. The Hall–Kier alpha value is -2.61. The molecule has 0 bridgehead atoms. The van der Waals surface area contributed by atoms with Crippen molar-refractivity contribution in [3.8, 4) is 5.75 Å². The molecule has 0 unspecified atom stereocenters. The third-order valence-electron chi connectivity index (χ3n) is 4.43. The second-order valence-corrected chi connectivity index (χ2v) is 6.09. The maximum atomic E-state index is 5.77. The van der Waals surface area contributed by atoms with Crippen LogP contribution in [0.3, 0.4) is 0 Å². The van der Waals surface area contributed by atoms with Crippen LogP contribution in [0.1, 0.15) is 24.7 Å². The number of hydrogen-bond donors (Lipinski definition) is 2. The van der Waals surface area contributed by atoms with Gasteiger partial charge in [-0.15, -0.1) is 5.10 Å². The van der Waals surface area contributed by atoms with Crippen molar-refractivity contribution < 1.29 is 9.15 Å². The highest BCUT2D eigenvalue weighted by Gasteiger charge is 2.23. The first-order chi connectivity index (χ1) is 11.7. The van der Waals surface area contributed by atoms with Crippen molar-refractivity contribution in [2.45, 2.75) is 18.8 Å². The van der Waals surface area contributed by atoms with Crippen molar-refractivity contribution in [1.29, 1.82) is 0 Å². The SMILES string of the molecule is COc1cccc2nc(Nc3nnc(C4CCN(C)CC4)o3)[nH]c12. The Kier molecular flexibility index (Phi) is 3.81. The summed E-state index contributed by atoms with van der Waals surface area (Å²) in [5.41, 5.74) is 1.64. The second-order valence-electron chi connectivity index (χ2n) is 6.09. The highest BCUT2D eigenvalue weighted by atomic mass is 16.5. The number of benzene rings is 1. The molecule has 3 aromatic rings. The first kappa shape index (κ1) is 14.9. The molecule has 0 spiro atoms. The number of likely N-dealkylation sites (tertiary alicyclic amines) is 1. The molecule has 4 rings (SSSR count). The highest BCUT2D eigenvalue weighted by molar-refractivity contribution is 5.83. The summed E-state index contributed by atoms with van der Waals surface area (Å²) in [6.07, 6.45) is 2.08. The van der Waals surface area contributed by atoms with Crippen molar-refractivity contribution >= 4 is 23.0 Å². The standard InChI is InChI=1S/C16H20N6O2/c1-22-8-6-10(7-9-22)14-20-21-16(24-14)19-15-17-11-4-3-5-12(23-2)13(11)18-15/h3-5,10H,6-9H2,1-2H3,(H2,17,18,19,21). The van der Waals surface area contributed by atoms with Crippen molar-refractivity contribution in [3.63, 3.8) is 0 Å². The third-order valence-corrected chi connectivity index (χ3v) is 4.43. The normalized spacial score (nSPS) is 16.6. The molecular weight excluding hydrogens is 308 g/mol. The second kappa shape index (κ2) is 6.12. The van der Waals surface area contributed by atoms with Gasteiger partial charge in [0, 0.05) is 5.92 Å². The Morgan fingerprint density at radius 3 is 2.92 bits per heavy atom. The molecule has 1 saturated heterocycles. The van der Waals surface area contributed by atoms with E-state index in [2.05, 4.69) is 37.4 Å². The van der Waals surface area contributed by atoms with Crippen LogP contribution in [-0.2, 0) is 0 Å². The van der Waals surface area contributed by atoms with Crippen LogP contribution in [0.4, 0.5) is 12.0 Å². The van der Waals surface area contributed by atoms with Crippen LogP contribution in [0.2, 0.25) is 0 Å². The van der Waals surface area contributed by atoms with Gasteiger partial charge in [-0.1, -0.05) is 11.2 Å². The average molecular weight is 328 g/mol. The van der Waals surface area contributed by atoms with Gasteiger partial charge in [0.1, 0.15) is 11.3 Å². The van der Waals surface area contributed by atoms with E-state index in [1.54, 1.807) is 7.11 Å². The Bertz CT molecular complexity index is 834. The van der Waals surface area contributed by atoms with Gasteiger partial charge in [-0.05, 0) is 45.1 Å². The topological polar surface area (TPSA) is 92.1 Å². The highest BCUT2D eigenvalue weighted by Crippen LogP contribution is 2.29. The van der Waals surface area contributed by atoms with Gasteiger partial charge < -0.3 is 19.0 Å². The van der Waals surface area contributed by atoms with E-state index in [9.17, 15) is 0 Å². The maximum absolute atomic E-state index is 5.77. The fourth-order valence-corrected chi connectivity index (χ4v) is 3.04. The molecule has 0 saturated carbocycles. The zero-order chi connectivity index (χ0) is 16.5. The first-order valence-corrected chi connectivity index (χ1v) is 8.04. The van der Waals surface area contributed by atoms with Gasteiger partial charge >= 0.3 is 6.01 Å². The molecule has 126 valence electrons. The third kappa shape index (κ3) is 2.80. The summed E-state index contributed by atoms with van der Waals surface area (Å²) >= 11 is 0. The van der Waals surface area contributed by atoms with Crippen LogP contribution in [0.25, 0.3) is 11.0 Å². The van der Waals surface area contributed by atoms with Crippen molar-refractivity contribution in [2.75, 3.05) is 32.6 Å². The van der Waals surface area contributed by atoms with E-state index in [0.29, 0.717) is 23.8 Å². The van der Waals surface area contributed by atoms with Crippen LogP contribution in [-0.4, -0.2) is 52.3 Å². The zero-order valence-corrected chi connectivity index (χ0v) is 13.7. The summed E-state index contributed by atoms with van der Waals surface area (Å²) in [7, 11) is 3.77. The number of aromatic amines is 1. The van der Waals surface area contributed by atoms with Gasteiger partial charge in [-0.25, -0.2) is 4.98 Å². The summed E-state index contributed by atoms with van der Waals surface area (Å²) in [6.45, 7) is 2.11. The number of nitrogens with zero attached hydrogens (tertiary/aromatic N) is 4. The predicted octanol–water partition coefficient (Wildman–Crippen LogP) is 2.51. The molecule has 1 fully saturated rings. The van der Waals surface area contributed by atoms with E-state index in [0.717, 1.165) is 42.7 Å². The van der Waals surface area contributed by atoms with Crippen molar-refractivity contribution in [3.05, 3.63) is 24.1 Å². The maximum Gasteiger partial charge on any atom is 0.322 e. The molecule has 1 aliphatic heterocycles. The minimum atomic E-state index is 0.333. The van der Waals surface area contributed by atoms with Crippen LogP contribution in [0.5, 0.6) is 5.75 Å². The van der Waals surface area contributed by atoms with Gasteiger partial charge in [0.2, 0.25) is 11.8 Å². The van der Waals surface area contributed by atoms with Gasteiger partial charge in [-0.2, -0.15) is 0 Å². The van der Waals surface area contributed by atoms with E-state index in [1.807, 2.05) is 18.2 Å². The van der Waals surface area contributed by atoms with Gasteiger partial charge in [0.25, 0.3) is 0 Å². The van der Waals surface area contributed by atoms with E-state index in [1.165, 1.54) is 0 Å². The van der Waals surface area contributed by atoms with Crippen molar-refractivity contribution in [1.82, 2.24) is 25.1 Å². The number of H-pyrrole nitrogens is 1. The Morgan fingerprint density at radius 1 is 1.29 bits per heavy atom. The molecule has 0 radical (unpaired) electrons. The number of anilines is 2. The van der Waals surface area contributed by atoms with Gasteiger partial charge in [-0.3, -0.25) is 5.32 Å². The lowest BCUT2D eigenvalue weighted by molar-refractivity contribution is 0.238. The number of imidazole rings is 1. The molecular formula is C16H20N6O2. The number of nitrogens with one attached hydrogen (secondary N) is 2. The number of aromatic nitrogens is 4. The number of piperidine rings is 1. The molecule has 0 aliphatic carbocycles. The first-order valence-electron chi connectivity index (χ1n) is 8.04. The molecule has 2 N–H and O–H groups in total. The zero-order valence-electron chi connectivity index (χ0n) is 13.7. The smallest absolute Gasteiger partial charge is 0.322 e. The molecule has 0 amide bonds. The summed E-state index contributed by atoms with van der Waals surface area (Å²) in [5, 5.41) is 11.3. The fourth-order valence-electron chi connectivity index (χ4n) is 3.04. The molecule has 1 aliphatic rings. The lowest BCUT2D eigenvalue weighted by atomic mass is 9.97. The molecule has 2 aromatic heterocycles. The summed E-state index contributed by atoms with van der Waals surface area (Å²) in [4.78, 5) is 9.96. The van der Waals surface area contributed by atoms with Crippen molar-refractivity contribution in [2.24, 2.45) is 0 Å². The van der Waals surface area contributed by atoms with Crippen LogP contribution in [0, 0.1) is 0 Å². The number of rotatable bonds is 4. The lowest BCUT2D eigenvalue weighted by Crippen LogP contribution is -2.29. The van der Waals surface area contributed by atoms with Crippen LogP contribution in [0.15, 0.2) is 22.6 Å². The van der Waals surface area contributed by atoms with Gasteiger partial charge in [0.05, 0.1) is 12.6 Å². The molecule has 8 heteroatoms. The lowest BCUT2D eigenvalue weighted by Gasteiger charge is -2.26. The van der Waals surface area contributed by atoms with E-state index in [4.69, 9.17) is 9.15 Å². The summed E-state index contributed by atoms with van der Waals surface area (Å²) in [5.74, 6) is 2.32. The Balaban J connectivity index is 1.52. The molecule has 8 nitrogen and oxygen atoms in total. The summed E-state index contributed by atoms with van der Waals surface area (Å²) < 4.78 is 11.1. The Morgan fingerprint density at radius 2 is 2.12 bits per heavy atom.